The van der Waals surface area contributed by atoms with Gasteiger partial charge in [-0.25, -0.2) is 9.59 Å². The van der Waals surface area contributed by atoms with Crippen LogP contribution < -0.4 is 4.74 Å². The number of nitrogens with zero attached hydrogens (tertiary/aromatic N) is 3. The van der Waals surface area contributed by atoms with E-state index < -0.39 is 18.0 Å². The minimum atomic E-state index is -1.82. The maximum Gasteiger partial charge on any atom is 0.414 e. The van der Waals surface area contributed by atoms with Crippen molar-refractivity contribution in [1.29, 1.82) is 0 Å². The van der Waals surface area contributed by atoms with Crippen molar-refractivity contribution in [3.05, 3.63) is 36.0 Å². The van der Waals surface area contributed by atoms with Crippen molar-refractivity contribution in [2.24, 2.45) is 0 Å². The second-order valence-electron chi connectivity index (χ2n) is 8.11. The Balaban J connectivity index is 0.000000569. The van der Waals surface area contributed by atoms with E-state index >= 15 is 0 Å². The van der Waals surface area contributed by atoms with Crippen LogP contribution in [0.2, 0.25) is 0 Å². The van der Waals surface area contributed by atoms with Crippen molar-refractivity contribution in [2.45, 2.75) is 38.7 Å². The lowest BCUT2D eigenvalue weighted by molar-refractivity contribution is -0.159. The second-order valence-corrected chi connectivity index (χ2v) is 8.11. The van der Waals surface area contributed by atoms with Crippen molar-refractivity contribution in [3.8, 4) is 5.75 Å². The van der Waals surface area contributed by atoms with Crippen molar-refractivity contribution in [3.63, 3.8) is 0 Å². The third-order valence-corrected chi connectivity index (χ3v) is 5.75. The first-order valence-electron chi connectivity index (χ1n) is 11.4. The molecule has 0 aliphatic carbocycles. The molecule has 182 valence electrons. The minimum absolute atomic E-state index is 0.515. The van der Waals surface area contributed by atoms with Gasteiger partial charge in [0.2, 0.25) is 0 Å². The van der Waals surface area contributed by atoms with E-state index in [0.717, 1.165) is 48.4 Å². The zero-order chi connectivity index (χ0) is 24.2. The molecule has 9 heteroatoms. The Morgan fingerprint density at radius 1 is 1.03 bits per heavy atom. The SMILES string of the molecule is CCCCCCN1CCN(C[C@H](O)c2ccnc3ccc(OC)cc23)CC1.O=C(O)C(=O)O. The largest absolute Gasteiger partial charge is 0.497 e. The quantitative estimate of drug-likeness (QED) is 0.382. The Bertz CT molecular complexity index is 887. The van der Waals surface area contributed by atoms with Gasteiger partial charge in [-0.1, -0.05) is 26.2 Å². The number of aliphatic hydroxyl groups is 1. The van der Waals surface area contributed by atoms with Gasteiger partial charge in [-0.05, 0) is 42.8 Å². The normalized spacial score (nSPS) is 15.5. The lowest BCUT2D eigenvalue weighted by Gasteiger charge is -2.35. The van der Waals surface area contributed by atoms with E-state index in [4.69, 9.17) is 24.5 Å². The first-order chi connectivity index (χ1) is 15.8. The predicted molar refractivity (Wildman–Crippen MR) is 126 cm³/mol. The fourth-order valence-corrected chi connectivity index (χ4v) is 3.86. The molecule has 3 N–H and O–H groups in total. The van der Waals surface area contributed by atoms with Gasteiger partial charge in [0.25, 0.3) is 0 Å². The van der Waals surface area contributed by atoms with Gasteiger partial charge < -0.3 is 25.0 Å². The van der Waals surface area contributed by atoms with Gasteiger partial charge in [-0.3, -0.25) is 9.88 Å². The van der Waals surface area contributed by atoms with Gasteiger partial charge >= 0.3 is 11.9 Å². The van der Waals surface area contributed by atoms with Crippen LogP contribution in [0.1, 0.15) is 44.3 Å². The number of ether oxygens (including phenoxy) is 1. The number of methoxy groups -OCH3 is 1. The van der Waals surface area contributed by atoms with E-state index in [-0.39, 0.29) is 0 Å². The number of rotatable bonds is 9. The van der Waals surface area contributed by atoms with Crippen LogP contribution in [0.25, 0.3) is 10.9 Å². The highest BCUT2D eigenvalue weighted by molar-refractivity contribution is 6.27. The minimum Gasteiger partial charge on any atom is -0.497 e. The number of aromatic nitrogens is 1. The highest BCUT2D eigenvalue weighted by Crippen LogP contribution is 2.27. The molecule has 2 aromatic rings. The first kappa shape index (κ1) is 26.5. The van der Waals surface area contributed by atoms with Gasteiger partial charge in [0.05, 0.1) is 18.7 Å². The molecule has 3 rings (SSSR count). The number of benzene rings is 1. The fourth-order valence-electron chi connectivity index (χ4n) is 3.86. The molecular formula is C24H35N3O6. The topological polar surface area (TPSA) is 123 Å². The van der Waals surface area contributed by atoms with E-state index in [2.05, 4.69) is 21.7 Å². The highest BCUT2D eigenvalue weighted by atomic mass is 16.5. The van der Waals surface area contributed by atoms with Crippen LogP contribution in [0.4, 0.5) is 0 Å². The number of aliphatic carboxylic acids is 2. The number of pyridine rings is 1. The van der Waals surface area contributed by atoms with Crippen LogP contribution in [0.15, 0.2) is 30.5 Å². The third kappa shape index (κ3) is 8.60. The molecule has 0 radical (unpaired) electrons. The predicted octanol–water partition coefficient (Wildman–Crippen LogP) is 2.63. The van der Waals surface area contributed by atoms with E-state index in [9.17, 15) is 5.11 Å². The summed E-state index contributed by atoms with van der Waals surface area (Å²) in [5, 5.41) is 26.6. The monoisotopic (exact) mass is 461 g/mol. The molecule has 0 amide bonds. The molecule has 0 bridgehead atoms. The van der Waals surface area contributed by atoms with Gasteiger partial charge in [0, 0.05) is 44.3 Å². The average molecular weight is 462 g/mol. The van der Waals surface area contributed by atoms with Crippen LogP contribution in [0.3, 0.4) is 0 Å². The number of aliphatic hydroxyl groups excluding tert-OH is 1. The van der Waals surface area contributed by atoms with Crippen LogP contribution in [-0.2, 0) is 9.59 Å². The number of carboxylic acids is 2. The van der Waals surface area contributed by atoms with Gasteiger partial charge in [-0.15, -0.1) is 0 Å². The molecule has 1 aromatic heterocycles. The summed E-state index contributed by atoms with van der Waals surface area (Å²) in [5.41, 5.74) is 1.82. The summed E-state index contributed by atoms with van der Waals surface area (Å²) in [6, 6.07) is 7.75. The number of β-amino-alcohol motifs (C(OH)–C–C–N with tert-alkyl or cyclic N) is 1. The fraction of sp³-hybridized carbons (Fsp3) is 0.542. The molecule has 1 fully saturated rings. The molecule has 1 aliphatic rings. The molecule has 9 nitrogen and oxygen atoms in total. The van der Waals surface area contributed by atoms with Gasteiger partial charge in [0.15, 0.2) is 0 Å². The third-order valence-electron chi connectivity index (χ3n) is 5.75. The molecule has 2 heterocycles. The maximum atomic E-state index is 10.9. The number of unbranched alkanes of at least 4 members (excludes halogenated alkanes) is 3. The van der Waals surface area contributed by atoms with Crippen LogP contribution >= 0.6 is 0 Å². The van der Waals surface area contributed by atoms with E-state index in [1.54, 1.807) is 13.3 Å². The Hall–Kier alpha value is -2.75. The summed E-state index contributed by atoms with van der Waals surface area (Å²) < 4.78 is 5.34. The molecular weight excluding hydrogens is 426 g/mol. The number of hydrogen-bond donors (Lipinski definition) is 3. The summed E-state index contributed by atoms with van der Waals surface area (Å²) in [6.07, 6.45) is 6.55. The smallest absolute Gasteiger partial charge is 0.414 e. The number of carbonyl (C=O) groups is 2. The van der Waals surface area contributed by atoms with Crippen LogP contribution in [0.5, 0.6) is 5.75 Å². The number of piperazine rings is 1. The summed E-state index contributed by atoms with van der Waals surface area (Å²) >= 11 is 0. The standard InChI is InChI=1S/C22H33N3O2.C2H2O4/c1-3-4-5-6-11-24-12-14-25(15-13-24)17-22(26)19-9-10-23-21-8-7-18(27-2)16-20(19)21;3-1(4)2(5)6/h7-10,16,22,26H,3-6,11-15,17H2,1-2H3;(H,3,4)(H,5,6)/t22-;/m0./s1. The van der Waals surface area contributed by atoms with Gasteiger partial charge in [0.1, 0.15) is 5.75 Å². The zero-order valence-electron chi connectivity index (χ0n) is 19.4. The first-order valence-corrected chi connectivity index (χ1v) is 11.4. The van der Waals surface area contributed by atoms with Gasteiger partial charge in [-0.2, -0.15) is 0 Å². The Morgan fingerprint density at radius 3 is 2.30 bits per heavy atom. The molecule has 1 aliphatic heterocycles. The average Bonchev–Trinajstić information content (AvgIpc) is 2.82. The highest BCUT2D eigenvalue weighted by Gasteiger charge is 2.21. The van der Waals surface area contributed by atoms with E-state index in [1.807, 2.05) is 24.3 Å². The van der Waals surface area contributed by atoms with Crippen molar-refractivity contribution in [1.82, 2.24) is 14.8 Å². The molecule has 1 aromatic carbocycles. The lowest BCUT2D eigenvalue weighted by Crippen LogP contribution is -2.47. The summed E-state index contributed by atoms with van der Waals surface area (Å²) in [5.74, 6) is -2.86. The maximum absolute atomic E-state index is 10.9. The Morgan fingerprint density at radius 2 is 1.70 bits per heavy atom. The number of carboxylic acid groups (broad SMARTS) is 2. The number of hydrogen-bond acceptors (Lipinski definition) is 7. The van der Waals surface area contributed by atoms with Crippen molar-refractivity contribution in [2.75, 3.05) is 46.4 Å². The van der Waals surface area contributed by atoms with E-state index in [1.165, 1.54) is 32.2 Å². The molecule has 1 saturated heterocycles. The lowest BCUT2D eigenvalue weighted by atomic mass is 10.0. The van der Waals surface area contributed by atoms with Crippen LogP contribution in [0, 0.1) is 0 Å². The van der Waals surface area contributed by atoms with Crippen molar-refractivity contribution < 1.29 is 29.6 Å². The molecule has 0 spiro atoms. The summed E-state index contributed by atoms with van der Waals surface area (Å²) in [7, 11) is 1.66. The van der Waals surface area contributed by atoms with E-state index in [0.29, 0.717) is 6.54 Å². The van der Waals surface area contributed by atoms with Crippen LogP contribution in [-0.4, -0.2) is 88.4 Å². The van der Waals surface area contributed by atoms with Crippen molar-refractivity contribution >= 4 is 22.8 Å². The zero-order valence-corrected chi connectivity index (χ0v) is 19.4. The molecule has 0 saturated carbocycles. The second kappa shape index (κ2) is 13.7. The summed E-state index contributed by atoms with van der Waals surface area (Å²) in [6.45, 7) is 8.39. The number of fused-ring (bicyclic) bond motifs is 1. The Labute approximate surface area is 194 Å². The Kier molecular flexibility index (Phi) is 11.0. The molecule has 0 unspecified atom stereocenters. The molecule has 33 heavy (non-hydrogen) atoms. The summed E-state index contributed by atoms with van der Waals surface area (Å²) in [4.78, 5) is 27.5. The molecule has 1 atom stereocenters.